The summed E-state index contributed by atoms with van der Waals surface area (Å²) in [7, 11) is 0. The van der Waals surface area contributed by atoms with Crippen LogP contribution in [0.1, 0.15) is 82.1 Å². The number of carbonyl (C=O) groups is 3. The Hall–Kier alpha value is -3.13. The van der Waals surface area contributed by atoms with Crippen molar-refractivity contribution < 1.29 is 34.8 Å². The van der Waals surface area contributed by atoms with Crippen molar-refractivity contribution in [2.24, 2.45) is 16.7 Å². The largest absolute Gasteiger partial charge is 0.511 e. The minimum atomic E-state index is -2.55. The van der Waals surface area contributed by atoms with Crippen molar-refractivity contribution in [3.05, 3.63) is 45.9 Å². The van der Waals surface area contributed by atoms with Gasteiger partial charge in [0.1, 0.15) is 22.8 Å². The highest BCUT2D eigenvalue weighted by Gasteiger charge is 2.67. The second-order valence-electron chi connectivity index (χ2n) is 12.2. The molecule has 0 spiro atoms. The van der Waals surface area contributed by atoms with Gasteiger partial charge in [-0.3, -0.25) is 14.4 Å². The minimum absolute atomic E-state index is 0.0499. The Morgan fingerprint density at radius 2 is 1.68 bits per heavy atom. The fourth-order valence-corrected chi connectivity index (χ4v) is 7.39. The van der Waals surface area contributed by atoms with Gasteiger partial charge in [-0.2, -0.15) is 0 Å². The topological polar surface area (TPSA) is 144 Å². The van der Waals surface area contributed by atoms with Gasteiger partial charge in [0.2, 0.25) is 5.78 Å². The Kier molecular flexibility index (Phi) is 5.64. The summed E-state index contributed by atoms with van der Waals surface area (Å²) in [6.07, 6.45) is 4.27. The van der Waals surface area contributed by atoms with Crippen LogP contribution >= 0.6 is 0 Å². The molecule has 3 atom stereocenters. The molecule has 0 saturated heterocycles. The van der Waals surface area contributed by atoms with Crippen molar-refractivity contribution >= 4 is 23.0 Å². The van der Waals surface area contributed by atoms with Crippen LogP contribution in [0.15, 0.2) is 34.8 Å². The number of ketones is 3. The highest BCUT2D eigenvalue weighted by Crippen LogP contribution is 2.62. The lowest BCUT2D eigenvalue weighted by molar-refractivity contribution is -0.158. The fourth-order valence-electron chi connectivity index (χ4n) is 7.39. The number of fused-ring (bicyclic) bond motifs is 3. The summed E-state index contributed by atoms with van der Waals surface area (Å²) in [4.78, 5) is 39.4. The third-order valence-corrected chi connectivity index (χ3v) is 9.27. The summed E-state index contributed by atoms with van der Waals surface area (Å²) in [5, 5.41) is 48.3. The van der Waals surface area contributed by atoms with E-state index in [1.807, 2.05) is 0 Å². The second kappa shape index (κ2) is 8.18. The van der Waals surface area contributed by atoms with E-state index in [0.717, 1.165) is 32.6 Å². The molecule has 37 heavy (non-hydrogen) atoms. The average molecular weight is 510 g/mol. The monoisotopic (exact) mass is 509 g/mol. The van der Waals surface area contributed by atoms with Crippen LogP contribution in [0.5, 0.6) is 5.75 Å². The molecule has 0 radical (unpaired) electrons. The maximum atomic E-state index is 13.9. The van der Waals surface area contributed by atoms with Crippen molar-refractivity contribution in [3.63, 3.8) is 0 Å². The van der Waals surface area contributed by atoms with Crippen molar-refractivity contribution in [3.8, 4) is 5.75 Å². The van der Waals surface area contributed by atoms with Gasteiger partial charge in [0, 0.05) is 28.9 Å². The van der Waals surface area contributed by atoms with Crippen LogP contribution in [0.2, 0.25) is 0 Å². The van der Waals surface area contributed by atoms with Crippen LogP contribution in [-0.4, -0.2) is 49.4 Å². The number of rotatable bonds is 3. The van der Waals surface area contributed by atoms with Crippen molar-refractivity contribution in [1.29, 1.82) is 0 Å². The van der Waals surface area contributed by atoms with Crippen LogP contribution in [0.25, 0.3) is 0 Å². The van der Waals surface area contributed by atoms with Gasteiger partial charge in [0.15, 0.2) is 17.2 Å². The summed E-state index contributed by atoms with van der Waals surface area (Å²) in [5.41, 5.74) is -4.45. The van der Waals surface area contributed by atoms with Gasteiger partial charge in [-0.1, -0.05) is 26.8 Å². The van der Waals surface area contributed by atoms with Gasteiger partial charge in [-0.25, -0.2) is 0 Å². The number of Topliss-reactive ketones (excluding diaryl/α,β-unsaturated/α-hetero) is 3. The maximum absolute atomic E-state index is 13.9. The normalized spacial score (nSPS) is 35.6. The molecule has 0 aromatic heterocycles. The molecule has 5 N–H and O–H groups in total. The molecule has 8 nitrogen and oxygen atoms in total. The van der Waals surface area contributed by atoms with E-state index in [1.54, 1.807) is 26.0 Å². The van der Waals surface area contributed by atoms with E-state index in [0.29, 0.717) is 17.2 Å². The smallest absolute Gasteiger partial charge is 0.209 e. The Morgan fingerprint density at radius 1 is 1.03 bits per heavy atom. The lowest BCUT2D eigenvalue weighted by Gasteiger charge is -2.55. The first-order chi connectivity index (χ1) is 17.2. The molecule has 1 aromatic rings. The highest BCUT2D eigenvalue weighted by atomic mass is 16.3. The predicted molar refractivity (Wildman–Crippen MR) is 137 cm³/mol. The number of hydrogen-bond acceptors (Lipinski definition) is 8. The zero-order valence-electron chi connectivity index (χ0n) is 21.8. The van der Waals surface area contributed by atoms with Crippen molar-refractivity contribution in [2.45, 2.75) is 84.3 Å². The van der Waals surface area contributed by atoms with Crippen LogP contribution in [0.3, 0.4) is 0 Å². The first-order valence-electron chi connectivity index (χ1n) is 13.0. The molecule has 0 aliphatic heterocycles. The summed E-state index contributed by atoms with van der Waals surface area (Å²) in [5.74, 6) is -3.24. The Labute approximate surface area is 216 Å². The van der Waals surface area contributed by atoms with Gasteiger partial charge in [0.25, 0.3) is 0 Å². The fraction of sp³-hybridized carbons (Fsp3) is 0.552. The molecular formula is C29H35NO7. The summed E-state index contributed by atoms with van der Waals surface area (Å²) in [6.45, 7) is 6.68. The predicted octanol–water partition coefficient (Wildman–Crippen LogP) is 4.46. The van der Waals surface area contributed by atoms with E-state index < -0.39 is 50.9 Å². The number of aliphatic hydroxyl groups is 3. The number of phenolic OH excluding ortho intramolecular Hbond substituents is 1. The standard InChI is InChI=1S/C29H35NO7/c1-14-5-8-17(9-6-14)30-18-10-7-16-11-27(3)13-28(4)12-19(32)20(15(2)31)25(35)29(28,37)26(36)22(27)24(34)21(16)23(18)33/h7,10,14,17,30,32-33,36-37H,5-6,8-9,11-13H2,1-4H3/t14?,17?,27-,28+,29+/m1/s1. The zero-order valence-corrected chi connectivity index (χ0v) is 21.8. The van der Waals surface area contributed by atoms with E-state index >= 15 is 0 Å². The third-order valence-electron chi connectivity index (χ3n) is 9.27. The number of allylic oxidation sites excluding steroid dienone is 2. The Morgan fingerprint density at radius 3 is 2.30 bits per heavy atom. The van der Waals surface area contributed by atoms with Crippen LogP contribution in [0.4, 0.5) is 5.69 Å². The molecule has 0 bridgehead atoms. The molecule has 0 unspecified atom stereocenters. The molecule has 1 saturated carbocycles. The minimum Gasteiger partial charge on any atom is -0.511 e. The van der Waals surface area contributed by atoms with E-state index in [1.165, 1.54) is 0 Å². The maximum Gasteiger partial charge on any atom is 0.209 e. The summed E-state index contributed by atoms with van der Waals surface area (Å²) >= 11 is 0. The van der Waals surface area contributed by atoms with Crippen LogP contribution in [0, 0.1) is 16.7 Å². The SMILES string of the molecule is CC(=O)C1=C(O)C[C@@]2(C)C[C@@]3(C)Cc4ccc(NC5CCC(C)CC5)c(O)c4C(=O)C3=C(O)[C@@]2(O)C1=O. The number of anilines is 1. The zero-order chi connectivity index (χ0) is 27.1. The van der Waals surface area contributed by atoms with E-state index in [-0.39, 0.29) is 42.2 Å². The summed E-state index contributed by atoms with van der Waals surface area (Å²) in [6, 6.07) is 3.76. The number of benzene rings is 1. The van der Waals surface area contributed by atoms with Crippen molar-refractivity contribution in [1.82, 2.24) is 0 Å². The molecule has 0 amide bonds. The van der Waals surface area contributed by atoms with Gasteiger partial charge >= 0.3 is 0 Å². The first kappa shape index (κ1) is 25.5. The summed E-state index contributed by atoms with van der Waals surface area (Å²) < 4.78 is 0. The molecule has 198 valence electrons. The molecule has 4 aliphatic carbocycles. The van der Waals surface area contributed by atoms with Gasteiger partial charge in [0.05, 0.1) is 11.3 Å². The van der Waals surface area contributed by atoms with Crippen LogP contribution < -0.4 is 5.32 Å². The Bertz CT molecular complexity index is 1300. The van der Waals surface area contributed by atoms with Crippen molar-refractivity contribution in [2.75, 3.05) is 5.32 Å². The lowest BCUT2D eigenvalue weighted by atomic mass is 9.48. The number of nitrogens with one attached hydrogen (secondary N) is 1. The number of aliphatic hydroxyl groups excluding tert-OH is 2. The molecule has 0 heterocycles. The molecule has 1 aromatic carbocycles. The molecule has 8 heteroatoms. The third kappa shape index (κ3) is 3.48. The number of carbonyl (C=O) groups excluding carboxylic acids is 3. The van der Waals surface area contributed by atoms with Gasteiger partial charge in [-0.15, -0.1) is 0 Å². The van der Waals surface area contributed by atoms with E-state index in [2.05, 4.69) is 12.2 Å². The number of aromatic hydroxyl groups is 1. The molecule has 5 rings (SSSR count). The average Bonchev–Trinajstić information content (AvgIpc) is 2.79. The Balaban J connectivity index is 1.61. The molecular weight excluding hydrogens is 474 g/mol. The van der Waals surface area contributed by atoms with Crippen LogP contribution in [-0.2, 0) is 16.0 Å². The molecule has 4 aliphatic rings. The number of hydrogen-bond donors (Lipinski definition) is 5. The van der Waals surface area contributed by atoms with E-state index in [9.17, 15) is 34.8 Å². The van der Waals surface area contributed by atoms with Gasteiger partial charge < -0.3 is 25.7 Å². The second-order valence-corrected chi connectivity index (χ2v) is 12.2. The quantitative estimate of drug-likeness (QED) is 0.297. The van der Waals surface area contributed by atoms with Gasteiger partial charge in [-0.05, 0) is 63.0 Å². The first-order valence-corrected chi connectivity index (χ1v) is 13.0. The van der Waals surface area contributed by atoms with E-state index in [4.69, 9.17) is 0 Å². The lowest BCUT2D eigenvalue weighted by Crippen LogP contribution is -2.63. The highest BCUT2D eigenvalue weighted by molar-refractivity contribution is 6.25. The number of phenols is 1. The molecule has 1 fully saturated rings.